The minimum atomic E-state index is -0.471. The lowest BCUT2D eigenvalue weighted by Gasteiger charge is -2.13. The molecule has 0 fully saturated rings. The van der Waals surface area contributed by atoms with Gasteiger partial charge < -0.3 is 4.74 Å². The van der Waals surface area contributed by atoms with Gasteiger partial charge in [0.15, 0.2) is 5.78 Å². The zero-order valence-corrected chi connectivity index (χ0v) is 13.5. The van der Waals surface area contributed by atoms with Gasteiger partial charge in [-0.25, -0.2) is 4.79 Å². The van der Waals surface area contributed by atoms with Crippen LogP contribution in [0.3, 0.4) is 0 Å². The third kappa shape index (κ3) is 2.91. The number of fused-ring (bicyclic) bond motifs is 1. The van der Waals surface area contributed by atoms with Gasteiger partial charge in [0, 0.05) is 11.1 Å². The van der Waals surface area contributed by atoms with E-state index >= 15 is 0 Å². The van der Waals surface area contributed by atoms with Crippen LogP contribution in [0.1, 0.15) is 63.8 Å². The minimum Gasteiger partial charge on any atom is -0.453 e. The Kier molecular flexibility index (Phi) is 4.28. The van der Waals surface area contributed by atoms with Crippen LogP contribution < -0.4 is 0 Å². The predicted molar refractivity (Wildman–Crippen MR) is 88.7 cm³/mol. The fraction of sp³-hybridized carbons (Fsp3) is 0.300. The van der Waals surface area contributed by atoms with E-state index in [0.717, 1.165) is 35.1 Å². The Morgan fingerprint density at radius 3 is 2.61 bits per heavy atom. The summed E-state index contributed by atoms with van der Waals surface area (Å²) in [5.41, 5.74) is 4.34. The quantitative estimate of drug-likeness (QED) is 0.611. The highest BCUT2D eigenvalue weighted by molar-refractivity contribution is 6.00. The fourth-order valence-electron chi connectivity index (χ4n) is 3.06. The number of aryl methyl sites for hydroxylation is 2. The molecule has 0 saturated carbocycles. The van der Waals surface area contributed by atoms with Crippen LogP contribution in [0, 0.1) is 0 Å². The molecule has 0 aliphatic carbocycles. The van der Waals surface area contributed by atoms with Crippen molar-refractivity contribution in [1.82, 2.24) is 0 Å². The first-order valence-electron chi connectivity index (χ1n) is 8.09. The van der Waals surface area contributed by atoms with E-state index < -0.39 is 6.10 Å². The van der Waals surface area contributed by atoms with Crippen LogP contribution in [0.5, 0.6) is 0 Å². The van der Waals surface area contributed by atoms with Crippen LogP contribution in [0.15, 0.2) is 42.5 Å². The summed E-state index contributed by atoms with van der Waals surface area (Å²) >= 11 is 0. The Bertz CT molecular complexity index is 761. The van der Waals surface area contributed by atoms with Crippen molar-refractivity contribution in [1.29, 1.82) is 0 Å². The third-order valence-corrected chi connectivity index (χ3v) is 4.41. The van der Waals surface area contributed by atoms with Crippen molar-refractivity contribution < 1.29 is 14.3 Å². The van der Waals surface area contributed by atoms with E-state index in [1.54, 1.807) is 6.07 Å². The SMILES string of the molecule is CCc1ccc(CC)c(C(=O)CC2OC(=O)c3ccccc32)c1. The van der Waals surface area contributed by atoms with E-state index in [-0.39, 0.29) is 18.2 Å². The molecule has 3 rings (SSSR count). The van der Waals surface area contributed by atoms with Crippen molar-refractivity contribution in [3.8, 4) is 0 Å². The number of rotatable bonds is 5. The lowest BCUT2D eigenvalue weighted by molar-refractivity contribution is 0.0367. The summed E-state index contributed by atoms with van der Waals surface area (Å²) in [6, 6.07) is 13.4. The summed E-state index contributed by atoms with van der Waals surface area (Å²) in [5, 5.41) is 0. The molecule has 0 aromatic heterocycles. The van der Waals surface area contributed by atoms with Gasteiger partial charge in [0.2, 0.25) is 0 Å². The highest BCUT2D eigenvalue weighted by atomic mass is 16.5. The number of Topliss-reactive ketones (excluding diaryl/α,β-unsaturated/α-hetero) is 1. The Labute approximate surface area is 136 Å². The average Bonchev–Trinajstić information content (AvgIpc) is 2.90. The Morgan fingerprint density at radius 2 is 1.87 bits per heavy atom. The molecular weight excluding hydrogens is 288 g/mol. The molecule has 0 N–H and O–H groups in total. The van der Waals surface area contributed by atoms with Crippen LogP contribution >= 0.6 is 0 Å². The lowest BCUT2D eigenvalue weighted by Crippen LogP contribution is -2.10. The smallest absolute Gasteiger partial charge is 0.339 e. The number of ether oxygens (including phenoxy) is 1. The van der Waals surface area contributed by atoms with Crippen molar-refractivity contribution in [2.24, 2.45) is 0 Å². The molecule has 1 atom stereocenters. The molecule has 118 valence electrons. The molecule has 1 aliphatic heterocycles. The van der Waals surface area contributed by atoms with E-state index in [1.807, 2.05) is 37.3 Å². The number of hydrogen-bond acceptors (Lipinski definition) is 3. The maximum absolute atomic E-state index is 12.8. The summed E-state index contributed by atoms with van der Waals surface area (Å²) in [4.78, 5) is 24.7. The van der Waals surface area contributed by atoms with E-state index in [0.29, 0.717) is 5.56 Å². The van der Waals surface area contributed by atoms with Gasteiger partial charge in [-0.3, -0.25) is 4.79 Å². The number of cyclic esters (lactones) is 1. The average molecular weight is 308 g/mol. The second kappa shape index (κ2) is 6.37. The minimum absolute atomic E-state index is 0.0339. The number of ketones is 1. The molecule has 2 aromatic rings. The molecule has 1 unspecified atom stereocenters. The molecule has 1 aliphatic rings. The Hall–Kier alpha value is -2.42. The van der Waals surface area contributed by atoms with Crippen molar-refractivity contribution in [2.75, 3.05) is 0 Å². The number of carbonyl (C=O) groups is 2. The van der Waals surface area contributed by atoms with E-state index in [2.05, 4.69) is 13.0 Å². The first-order valence-corrected chi connectivity index (χ1v) is 8.09. The highest BCUT2D eigenvalue weighted by Gasteiger charge is 2.32. The highest BCUT2D eigenvalue weighted by Crippen LogP contribution is 2.34. The van der Waals surface area contributed by atoms with E-state index in [1.165, 1.54) is 0 Å². The van der Waals surface area contributed by atoms with Crippen molar-refractivity contribution in [2.45, 2.75) is 39.2 Å². The van der Waals surface area contributed by atoms with Gasteiger partial charge in [-0.15, -0.1) is 0 Å². The molecule has 0 spiro atoms. The molecule has 0 radical (unpaired) electrons. The van der Waals surface area contributed by atoms with Crippen molar-refractivity contribution >= 4 is 11.8 Å². The number of esters is 1. The van der Waals surface area contributed by atoms with Crippen LogP contribution in [0.2, 0.25) is 0 Å². The normalized spacial score (nSPS) is 16.1. The van der Waals surface area contributed by atoms with Crippen LogP contribution in [-0.2, 0) is 17.6 Å². The van der Waals surface area contributed by atoms with Gasteiger partial charge in [0.05, 0.1) is 12.0 Å². The largest absolute Gasteiger partial charge is 0.453 e. The lowest BCUT2D eigenvalue weighted by atomic mass is 9.93. The van der Waals surface area contributed by atoms with Gasteiger partial charge in [-0.05, 0) is 36.1 Å². The summed E-state index contributed by atoms with van der Waals surface area (Å²) in [6.07, 6.45) is 1.43. The second-order valence-corrected chi connectivity index (χ2v) is 5.81. The third-order valence-electron chi connectivity index (χ3n) is 4.41. The standard InChI is InChI=1S/C20H20O3/c1-3-13-9-10-14(4-2)17(11-13)18(21)12-19-15-7-5-6-8-16(15)20(22)23-19/h5-11,19H,3-4,12H2,1-2H3. The maximum atomic E-state index is 12.8. The van der Waals surface area contributed by atoms with Crippen molar-refractivity contribution in [3.63, 3.8) is 0 Å². The zero-order valence-electron chi connectivity index (χ0n) is 13.5. The predicted octanol–water partition coefficient (Wildman–Crippen LogP) is 4.30. The summed E-state index contributed by atoms with van der Waals surface area (Å²) in [6.45, 7) is 4.12. The number of benzene rings is 2. The Balaban J connectivity index is 1.87. The zero-order chi connectivity index (χ0) is 16.4. The first-order chi connectivity index (χ1) is 11.1. The number of hydrogen-bond donors (Lipinski definition) is 0. The summed E-state index contributed by atoms with van der Waals surface area (Å²) in [7, 11) is 0. The fourth-order valence-corrected chi connectivity index (χ4v) is 3.06. The molecule has 23 heavy (non-hydrogen) atoms. The van der Waals surface area contributed by atoms with Crippen molar-refractivity contribution in [3.05, 3.63) is 70.3 Å². The molecule has 0 amide bonds. The van der Waals surface area contributed by atoms with Gasteiger partial charge in [0.25, 0.3) is 0 Å². The van der Waals surface area contributed by atoms with E-state index in [9.17, 15) is 9.59 Å². The number of carbonyl (C=O) groups excluding carboxylic acids is 2. The molecule has 0 bridgehead atoms. The van der Waals surface area contributed by atoms with Crippen LogP contribution in [-0.4, -0.2) is 11.8 Å². The van der Waals surface area contributed by atoms with Gasteiger partial charge in [-0.2, -0.15) is 0 Å². The van der Waals surface area contributed by atoms with Gasteiger partial charge >= 0.3 is 5.97 Å². The summed E-state index contributed by atoms with van der Waals surface area (Å²) < 4.78 is 5.39. The monoisotopic (exact) mass is 308 g/mol. The molecule has 0 saturated heterocycles. The van der Waals surface area contributed by atoms with Gasteiger partial charge in [-0.1, -0.05) is 44.2 Å². The van der Waals surface area contributed by atoms with Crippen LogP contribution in [0.25, 0.3) is 0 Å². The molecule has 3 nitrogen and oxygen atoms in total. The van der Waals surface area contributed by atoms with E-state index in [4.69, 9.17) is 4.74 Å². The second-order valence-electron chi connectivity index (χ2n) is 5.81. The molecule has 1 heterocycles. The Morgan fingerprint density at radius 1 is 1.09 bits per heavy atom. The first kappa shape index (κ1) is 15.5. The summed E-state index contributed by atoms with van der Waals surface area (Å²) in [5.74, 6) is -0.303. The molecular formula is C20H20O3. The maximum Gasteiger partial charge on any atom is 0.339 e. The van der Waals surface area contributed by atoms with Gasteiger partial charge in [0.1, 0.15) is 6.10 Å². The molecule has 2 aromatic carbocycles. The topological polar surface area (TPSA) is 43.4 Å². The molecule has 3 heteroatoms. The van der Waals surface area contributed by atoms with Crippen LogP contribution in [0.4, 0.5) is 0 Å².